The summed E-state index contributed by atoms with van der Waals surface area (Å²) in [5, 5.41) is 12.9. The summed E-state index contributed by atoms with van der Waals surface area (Å²) in [6, 6.07) is 5.84. The maximum Gasteiger partial charge on any atom is 0.140 e. The van der Waals surface area contributed by atoms with E-state index >= 15 is 0 Å². The van der Waals surface area contributed by atoms with Crippen LogP contribution in [0.4, 0.5) is 0 Å². The van der Waals surface area contributed by atoms with E-state index in [2.05, 4.69) is 5.32 Å². The molecule has 2 N–H and O–H groups in total. The topological polar surface area (TPSA) is 41.5 Å². The van der Waals surface area contributed by atoms with E-state index in [0.717, 1.165) is 17.7 Å². The Morgan fingerprint density at radius 2 is 2.24 bits per heavy atom. The lowest BCUT2D eigenvalue weighted by atomic mass is 10.2. The standard InChI is InChI=1S/C13H20ClNO2/c1-3-11(9-16)15-7-8-17-13-10(2)5-4-6-12(13)14/h4-6,11,15-16H,3,7-9H2,1-2H3/t11-/m1/s1. The second kappa shape index (κ2) is 7.54. The van der Waals surface area contributed by atoms with Gasteiger partial charge in [0.25, 0.3) is 0 Å². The molecule has 4 heteroatoms. The van der Waals surface area contributed by atoms with E-state index in [9.17, 15) is 0 Å². The Morgan fingerprint density at radius 3 is 2.82 bits per heavy atom. The third kappa shape index (κ3) is 4.54. The molecule has 0 spiro atoms. The molecular weight excluding hydrogens is 238 g/mol. The molecule has 0 saturated heterocycles. The second-order valence-electron chi connectivity index (χ2n) is 3.98. The molecule has 0 heterocycles. The minimum absolute atomic E-state index is 0.144. The zero-order chi connectivity index (χ0) is 12.7. The van der Waals surface area contributed by atoms with Gasteiger partial charge in [0, 0.05) is 12.6 Å². The monoisotopic (exact) mass is 257 g/mol. The van der Waals surface area contributed by atoms with Crippen LogP contribution in [0.5, 0.6) is 5.75 Å². The van der Waals surface area contributed by atoms with Gasteiger partial charge in [-0.2, -0.15) is 0 Å². The van der Waals surface area contributed by atoms with Crippen LogP contribution >= 0.6 is 11.6 Å². The number of hydrogen-bond acceptors (Lipinski definition) is 3. The van der Waals surface area contributed by atoms with Crippen molar-refractivity contribution in [2.24, 2.45) is 0 Å². The van der Waals surface area contributed by atoms with Crippen LogP contribution in [-0.4, -0.2) is 30.9 Å². The number of rotatable bonds is 7. The fourth-order valence-electron chi connectivity index (χ4n) is 1.55. The van der Waals surface area contributed by atoms with E-state index in [4.69, 9.17) is 21.4 Å². The van der Waals surface area contributed by atoms with Gasteiger partial charge in [0.05, 0.1) is 11.6 Å². The first kappa shape index (κ1) is 14.3. The minimum Gasteiger partial charge on any atom is -0.490 e. The molecule has 0 saturated carbocycles. The van der Waals surface area contributed by atoms with Crippen LogP contribution in [0.3, 0.4) is 0 Å². The Bertz CT molecular complexity index is 320. The van der Waals surface area contributed by atoms with Gasteiger partial charge in [-0.25, -0.2) is 0 Å². The van der Waals surface area contributed by atoms with Gasteiger partial charge in [-0.05, 0) is 25.0 Å². The Balaban J connectivity index is 2.36. The van der Waals surface area contributed by atoms with Crippen molar-refractivity contribution in [2.45, 2.75) is 26.3 Å². The third-order valence-corrected chi connectivity index (χ3v) is 2.96. The number of nitrogens with one attached hydrogen (secondary N) is 1. The SMILES string of the molecule is CC[C@H](CO)NCCOc1c(C)cccc1Cl. The average Bonchev–Trinajstić information content (AvgIpc) is 2.32. The summed E-state index contributed by atoms with van der Waals surface area (Å²) >= 11 is 6.04. The summed E-state index contributed by atoms with van der Waals surface area (Å²) in [7, 11) is 0. The smallest absolute Gasteiger partial charge is 0.140 e. The molecule has 0 aromatic heterocycles. The molecule has 0 fully saturated rings. The molecule has 0 bridgehead atoms. The number of ether oxygens (including phenoxy) is 1. The van der Waals surface area contributed by atoms with Crippen LogP contribution in [0, 0.1) is 6.92 Å². The number of aryl methyl sites for hydroxylation is 1. The third-order valence-electron chi connectivity index (χ3n) is 2.66. The molecule has 0 aliphatic heterocycles. The van der Waals surface area contributed by atoms with Gasteiger partial charge in [-0.15, -0.1) is 0 Å². The minimum atomic E-state index is 0.144. The maximum atomic E-state index is 9.01. The highest BCUT2D eigenvalue weighted by molar-refractivity contribution is 6.32. The Kier molecular flexibility index (Phi) is 6.34. The largest absolute Gasteiger partial charge is 0.490 e. The van der Waals surface area contributed by atoms with Crippen molar-refractivity contribution in [3.05, 3.63) is 28.8 Å². The first-order valence-electron chi connectivity index (χ1n) is 5.91. The van der Waals surface area contributed by atoms with Crippen molar-refractivity contribution < 1.29 is 9.84 Å². The van der Waals surface area contributed by atoms with E-state index in [1.165, 1.54) is 0 Å². The molecule has 1 aromatic carbocycles. The summed E-state index contributed by atoms with van der Waals surface area (Å²) in [4.78, 5) is 0. The van der Waals surface area contributed by atoms with Crippen LogP contribution in [0.25, 0.3) is 0 Å². The quantitative estimate of drug-likeness (QED) is 0.737. The molecule has 0 aliphatic carbocycles. The van der Waals surface area contributed by atoms with Gasteiger partial charge >= 0.3 is 0 Å². The van der Waals surface area contributed by atoms with E-state index in [0.29, 0.717) is 18.2 Å². The van der Waals surface area contributed by atoms with Crippen LogP contribution < -0.4 is 10.1 Å². The van der Waals surface area contributed by atoms with Crippen molar-refractivity contribution in [1.29, 1.82) is 0 Å². The number of hydrogen-bond donors (Lipinski definition) is 2. The number of aliphatic hydroxyl groups excluding tert-OH is 1. The fourth-order valence-corrected chi connectivity index (χ4v) is 1.83. The highest BCUT2D eigenvalue weighted by atomic mass is 35.5. The van der Waals surface area contributed by atoms with Gasteiger partial charge in [0.1, 0.15) is 12.4 Å². The Morgan fingerprint density at radius 1 is 1.47 bits per heavy atom. The van der Waals surface area contributed by atoms with E-state index < -0.39 is 0 Å². The van der Waals surface area contributed by atoms with Gasteiger partial charge < -0.3 is 15.2 Å². The molecule has 3 nitrogen and oxygen atoms in total. The molecule has 0 radical (unpaired) electrons. The molecular formula is C13H20ClNO2. The zero-order valence-electron chi connectivity index (χ0n) is 10.4. The molecule has 17 heavy (non-hydrogen) atoms. The van der Waals surface area contributed by atoms with Gasteiger partial charge in [0.2, 0.25) is 0 Å². The van der Waals surface area contributed by atoms with Gasteiger partial charge in [-0.1, -0.05) is 30.7 Å². The molecule has 1 rings (SSSR count). The van der Waals surface area contributed by atoms with E-state index in [1.54, 1.807) is 0 Å². The molecule has 0 unspecified atom stereocenters. The van der Waals surface area contributed by atoms with Gasteiger partial charge in [-0.3, -0.25) is 0 Å². The van der Waals surface area contributed by atoms with Crippen LogP contribution in [0.15, 0.2) is 18.2 Å². The predicted molar refractivity (Wildman–Crippen MR) is 70.9 cm³/mol. The highest BCUT2D eigenvalue weighted by Crippen LogP contribution is 2.27. The van der Waals surface area contributed by atoms with Crippen molar-refractivity contribution in [1.82, 2.24) is 5.32 Å². The Hall–Kier alpha value is -0.770. The fraction of sp³-hybridized carbons (Fsp3) is 0.538. The first-order chi connectivity index (χ1) is 8.19. The number of aliphatic hydroxyl groups is 1. The second-order valence-corrected chi connectivity index (χ2v) is 4.38. The van der Waals surface area contributed by atoms with Gasteiger partial charge in [0.15, 0.2) is 0 Å². The van der Waals surface area contributed by atoms with E-state index in [1.807, 2.05) is 32.0 Å². The maximum absolute atomic E-state index is 9.01. The number of halogens is 1. The van der Waals surface area contributed by atoms with Crippen molar-refractivity contribution in [3.8, 4) is 5.75 Å². The predicted octanol–water partition coefficient (Wildman–Crippen LogP) is 2.39. The number of para-hydroxylation sites is 1. The summed E-state index contributed by atoms with van der Waals surface area (Å²) in [6.07, 6.45) is 0.904. The Labute approximate surface area is 108 Å². The summed E-state index contributed by atoms with van der Waals surface area (Å²) in [5.74, 6) is 0.744. The van der Waals surface area contributed by atoms with Crippen LogP contribution in [-0.2, 0) is 0 Å². The van der Waals surface area contributed by atoms with Crippen molar-refractivity contribution >= 4 is 11.6 Å². The molecule has 0 amide bonds. The summed E-state index contributed by atoms with van der Waals surface area (Å²) < 4.78 is 5.63. The zero-order valence-corrected chi connectivity index (χ0v) is 11.1. The first-order valence-corrected chi connectivity index (χ1v) is 6.29. The molecule has 1 aromatic rings. The lowest BCUT2D eigenvalue weighted by Gasteiger charge is -2.15. The molecule has 96 valence electrons. The summed E-state index contributed by atoms with van der Waals surface area (Å²) in [6.45, 7) is 5.40. The highest BCUT2D eigenvalue weighted by Gasteiger charge is 2.06. The van der Waals surface area contributed by atoms with E-state index in [-0.39, 0.29) is 12.6 Å². The van der Waals surface area contributed by atoms with Crippen molar-refractivity contribution in [2.75, 3.05) is 19.8 Å². The molecule has 1 atom stereocenters. The molecule has 0 aliphatic rings. The normalized spacial score (nSPS) is 12.5. The average molecular weight is 258 g/mol. The van der Waals surface area contributed by atoms with Crippen molar-refractivity contribution in [3.63, 3.8) is 0 Å². The number of benzene rings is 1. The van der Waals surface area contributed by atoms with Crippen LogP contribution in [0.2, 0.25) is 5.02 Å². The summed E-state index contributed by atoms with van der Waals surface area (Å²) in [5.41, 5.74) is 1.03. The lowest BCUT2D eigenvalue weighted by Crippen LogP contribution is -2.34. The lowest BCUT2D eigenvalue weighted by molar-refractivity contribution is 0.227. The van der Waals surface area contributed by atoms with Crippen LogP contribution in [0.1, 0.15) is 18.9 Å².